The Bertz CT molecular complexity index is 594. The van der Waals surface area contributed by atoms with E-state index in [9.17, 15) is 4.79 Å². The highest BCUT2D eigenvalue weighted by atomic mass is 32.2. The Morgan fingerprint density at radius 1 is 1.22 bits per heavy atom. The fourth-order valence-electron chi connectivity index (χ4n) is 2.27. The zero-order valence-electron chi connectivity index (χ0n) is 9.67. The van der Waals surface area contributed by atoms with Gasteiger partial charge in [-0.1, -0.05) is 42.5 Å². The molecule has 1 aliphatic heterocycles. The van der Waals surface area contributed by atoms with E-state index in [4.69, 9.17) is 5.11 Å². The number of hydrogen-bond donors (Lipinski definition) is 2. The van der Waals surface area contributed by atoms with Gasteiger partial charge in [0.15, 0.2) is 0 Å². The summed E-state index contributed by atoms with van der Waals surface area (Å²) >= 11 is 1.65. The summed E-state index contributed by atoms with van der Waals surface area (Å²) in [6.07, 6.45) is 0. The molecule has 1 saturated heterocycles. The van der Waals surface area contributed by atoms with E-state index in [1.807, 2.05) is 18.2 Å². The van der Waals surface area contributed by atoms with Gasteiger partial charge in [0.25, 0.3) is 0 Å². The number of fused-ring (bicyclic) bond motifs is 1. The van der Waals surface area contributed by atoms with Crippen LogP contribution in [0.25, 0.3) is 10.8 Å². The van der Waals surface area contributed by atoms with Crippen molar-refractivity contribution in [1.82, 2.24) is 5.32 Å². The summed E-state index contributed by atoms with van der Waals surface area (Å²) in [6, 6.07) is 13.9. The highest BCUT2D eigenvalue weighted by Crippen LogP contribution is 2.36. The van der Waals surface area contributed by atoms with Gasteiger partial charge >= 0.3 is 5.97 Å². The normalized spacial score (nSPS) is 23.3. The molecular weight excluding hydrogens is 246 g/mol. The standard InChI is InChI=1S/C14H13NO2S/c16-14(17)12-8-18-13(15-12)11-7-3-5-9-4-1-2-6-10(9)11/h1-7,12-13,15H,8H2,(H,16,17). The lowest BCUT2D eigenvalue weighted by Crippen LogP contribution is -2.33. The molecule has 2 aromatic carbocycles. The van der Waals surface area contributed by atoms with Crippen LogP contribution in [0.1, 0.15) is 10.9 Å². The summed E-state index contributed by atoms with van der Waals surface area (Å²) in [5.74, 6) is -0.159. The summed E-state index contributed by atoms with van der Waals surface area (Å²) in [7, 11) is 0. The molecule has 0 amide bonds. The molecule has 1 aliphatic rings. The first kappa shape index (κ1) is 11.6. The highest BCUT2D eigenvalue weighted by molar-refractivity contribution is 7.99. The van der Waals surface area contributed by atoms with E-state index in [1.54, 1.807) is 11.8 Å². The Morgan fingerprint density at radius 3 is 2.78 bits per heavy atom. The Balaban J connectivity index is 1.98. The zero-order valence-corrected chi connectivity index (χ0v) is 10.5. The third kappa shape index (κ3) is 1.98. The number of rotatable bonds is 2. The number of benzene rings is 2. The number of carboxylic acid groups (broad SMARTS) is 1. The van der Waals surface area contributed by atoms with Crippen LogP contribution in [0.15, 0.2) is 42.5 Å². The SMILES string of the molecule is O=C(O)C1CSC(c2cccc3ccccc23)N1. The Hall–Kier alpha value is -1.52. The number of carboxylic acids is 1. The maximum Gasteiger partial charge on any atom is 0.321 e. The monoisotopic (exact) mass is 259 g/mol. The van der Waals surface area contributed by atoms with Crippen LogP contribution in [0.3, 0.4) is 0 Å². The van der Waals surface area contributed by atoms with Gasteiger partial charge in [-0.25, -0.2) is 0 Å². The molecule has 92 valence electrons. The van der Waals surface area contributed by atoms with Gasteiger partial charge in [0.1, 0.15) is 6.04 Å². The number of aliphatic carboxylic acids is 1. The lowest BCUT2D eigenvalue weighted by atomic mass is 10.0. The van der Waals surface area contributed by atoms with Crippen molar-refractivity contribution in [3.63, 3.8) is 0 Å². The molecule has 4 heteroatoms. The van der Waals surface area contributed by atoms with Crippen LogP contribution >= 0.6 is 11.8 Å². The van der Waals surface area contributed by atoms with Gasteiger partial charge in [0.05, 0.1) is 5.37 Å². The first-order chi connectivity index (χ1) is 8.75. The minimum atomic E-state index is -0.773. The molecule has 2 atom stereocenters. The first-order valence-corrected chi connectivity index (χ1v) is 6.89. The smallest absolute Gasteiger partial charge is 0.321 e. The molecule has 3 nitrogen and oxygen atoms in total. The quantitative estimate of drug-likeness (QED) is 0.870. The van der Waals surface area contributed by atoms with Crippen molar-refractivity contribution < 1.29 is 9.90 Å². The van der Waals surface area contributed by atoms with E-state index in [-0.39, 0.29) is 5.37 Å². The van der Waals surface area contributed by atoms with Crippen molar-refractivity contribution in [3.8, 4) is 0 Å². The van der Waals surface area contributed by atoms with Crippen LogP contribution in [0, 0.1) is 0 Å². The third-order valence-corrected chi connectivity index (χ3v) is 4.44. The summed E-state index contributed by atoms with van der Waals surface area (Å²) in [6.45, 7) is 0. The average Bonchev–Trinajstić information content (AvgIpc) is 2.87. The van der Waals surface area contributed by atoms with Gasteiger partial charge in [0.2, 0.25) is 0 Å². The van der Waals surface area contributed by atoms with E-state index in [0.29, 0.717) is 5.75 Å². The average molecular weight is 259 g/mol. The molecule has 1 heterocycles. The van der Waals surface area contributed by atoms with Crippen molar-refractivity contribution >= 4 is 28.5 Å². The third-order valence-electron chi connectivity index (χ3n) is 3.19. The summed E-state index contributed by atoms with van der Waals surface area (Å²) < 4.78 is 0. The van der Waals surface area contributed by atoms with Gasteiger partial charge in [-0.05, 0) is 16.3 Å². The fourth-order valence-corrected chi connectivity index (χ4v) is 3.54. The molecule has 0 radical (unpaired) electrons. The molecule has 2 unspecified atom stereocenters. The van der Waals surface area contributed by atoms with Gasteiger partial charge in [-0.2, -0.15) is 0 Å². The second kappa shape index (κ2) is 4.63. The lowest BCUT2D eigenvalue weighted by molar-refractivity contribution is -0.138. The molecule has 0 bridgehead atoms. The Kier molecular flexibility index (Phi) is 2.97. The van der Waals surface area contributed by atoms with Crippen LogP contribution < -0.4 is 5.32 Å². The number of carbonyl (C=O) groups is 1. The van der Waals surface area contributed by atoms with Gasteiger partial charge in [-0.3, -0.25) is 10.1 Å². The molecule has 3 rings (SSSR count). The minimum absolute atomic E-state index is 0.0669. The first-order valence-electron chi connectivity index (χ1n) is 5.84. The number of thioether (sulfide) groups is 1. The van der Waals surface area contributed by atoms with Crippen molar-refractivity contribution in [2.24, 2.45) is 0 Å². The predicted molar refractivity (Wildman–Crippen MR) is 73.7 cm³/mol. The van der Waals surface area contributed by atoms with Crippen molar-refractivity contribution in [2.75, 3.05) is 5.75 Å². The molecule has 2 N–H and O–H groups in total. The van der Waals surface area contributed by atoms with Crippen LogP contribution in [-0.2, 0) is 4.79 Å². The van der Waals surface area contributed by atoms with Gasteiger partial charge in [0, 0.05) is 5.75 Å². The van der Waals surface area contributed by atoms with Crippen LogP contribution in [0.5, 0.6) is 0 Å². The molecule has 2 aromatic rings. The highest BCUT2D eigenvalue weighted by Gasteiger charge is 2.30. The molecule has 0 aliphatic carbocycles. The van der Waals surface area contributed by atoms with E-state index in [0.717, 1.165) is 0 Å². The van der Waals surface area contributed by atoms with Crippen molar-refractivity contribution in [1.29, 1.82) is 0 Å². The summed E-state index contributed by atoms with van der Waals surface area (Å²) in [4.78, 5) is 11.0. The molecule has 0 saturated carbocycles. The molecule has 1 fully saturated rings. The van der Waals surface area contributed by atoms with Crippen LogP contribution in [0.2, 0.25) is 0 Å². The molecule has 0 spiro atoms. The predicted octanol–water partition coefficient (Wildman–Crippen LogP) is 2.63. The van der Waals surface area contributed by atoms with E-state index < -0.39 is 12.0 Å². The Morgan fingerprint density at radius 2 is 2.00 bits per heavy atom. The summed E-state index contributed by atoms with van der Waals surface area (Å²) in [5, 5.41) is 14.6. The Labute approximate surface area is 109 Å². The second-order valence-electron chi connectivity index (χ2n) is 4.34. The van der Waals surface area contributed by atoms with Crippen molar-refractivity contribution in [2.45, 2.75) is 11.4 Å². The van der Waals surface area contributed by atoms with E-state index in [2.05, 4.69) is 29.6 Å². The minimum Gasteiger partial charge on any atom is -0.480 e. The number of hydrogen-bond acceptors (Lipinski definition) is 3. The van der Waals surface area contributed by atoms with Crippen molar-refractivity contribution in [3.05, 3.63) is 48.0 Å². The zero-order chi connectivity index (χ0) is 12.5. The topological polar surface area (TPSA) is 49.3 Å². The fraction of sp³-hybridized carbons (Fsp3) is 0.214. The second-order valence-corrected chi connectivity index (χ2v) is 5.48. The largest absolute Gasteiger partial charge is 0.480 e. The molecule has 18 heavy (non-hydrogen) atoms. The van der Waals surface area contributed by atoms with E-state index in [1.165, 1.54) is 16.3 Å². The maximum absolute atomic E-state index is 11.0. The van der Waals surface area contributed by atoms with Gasteiger partial charge < -0.3 is 5.11 Å². The van der Waals surface area contributed by atoms with Crippen LogP contribution in [-0.4, -0.2) is 22.9 Å². The number of nitrogens with one attached hydrogen (secondary N) is 1. The summed E-state index contributed by atoms with van der Waals surface area (Å²) in [5.41, 5.74) is 1.17. The molecule has 0 aromatic heterocycles. The van der Waals surface area contributed by atoms with Gasteiger partial charge in [-0.15, -0.1) is 11.8 Å². The van der Waals surface area contributed by atoms with E-state index >= 15 is 0 Å². The van der Waals surface area contributed by atoms with Crippen LogP contribution in [0.4, 0.5) is 0 Å². The maximum atomic E-state index is 11.0. The molecular formula is C14H13NO2S. The lowest BCUT2D eigenvalue weighted by Gasteiger charge is -2.14.